The molecule has 1 heterocycles. The number of benzene rings is 1. The maximum Gasteiger partial charge on any atom is 0.410 e. The monoisotopic (exact) mass is 519 g/mol. The van der Waals surface area contributed by atoms with Crippen molar-refractivity contribution in [3.63, 3.8) is 0 Å². The summed E-state index contributed by atoms with van der Waals surface area (Å²) in [5.41, 5.74) is 1.01. The zero-order valence-electron chi connectivity index (χ0n) is 20.5. The SMILES string of the molecule is CC(OC(=O)N1CCC(N[S+]([O-])N(C)C)C(CO[C@H]2CC[C@@H](c3cccc(F)c3)CC2)C1)C(F)F. The Morgan fingerprint density at radius 3 is 2.60 bits per heavy atom. The number of carbonyl (C=O) groups is 1. The van der Waals surface area contributed by atoms with E-state index in [0.29, 0.717) is 25.5 Å². The number of likely N-dealkylation sites (tertiary alicyclic amines) is 1. The van der Waals surface area contributed by atoms with E-state index in [-0.39, 0.29) is 30.4 Å². The molecular weight excluding hydrogens is 483 g/mol. The highest BCUT2D eigenvalue weighted by Crippen LogP contribution is 2.34. The molecule has 1 saturated heterocycles. The predicted octanol–water partition coefficient (Wildman–Crippen LogP) is 4.08. The van der Waals surface area contributed by atoms with Crippen molar-refractivity contribution in [2.45, 2.75) is 69.6 Å². The molecule has 1 saturated carbocycles. The number of halogens is 3. The van der Waals surface area contributed by atoms with Crippen LogP contribution in [0.25, 0.3) is 0 Å². The van der Waals surface area contributed by atoms with Crippen LogP contribution in [0.4, 0.5) is 18.0 Å². The van der Waals surface area contributed by atoms with Crippen molar-refractivity contribution in [2.75, 3.05) is 33.8 Å². The third-order valence-electron chi connectivity index (χ3n) is 6.76. The first kappa shape index (κ1) is 28.0. The zero-order valence-corrected chi connectivity index (χ0v) is 21.3. The molecule has 11 heteroatoms. The fourth-order valence-electron chi connectivity index (χ4n) is 4.62. The summed E-state index contributed by atoms with van der Waals surface area (Å²) in [6, 6.07) is 6.57. The number of hydrogen-bond donors (Lipinski definition) is 1. The van der Waals surface area contributed by atoms with E-state index in [2.05, 4.69) is 4.72 Å². The maximum atomic E-state index is 13.6. The molecule has 1 aliphatic heterocycles. The quantitative estimate of drug-likeness (QED) is 0.496. The minimum Gasteiger partial charge on any atom is -0.579 e. The first-order valence-corrected chi connectivity index (χ1v) is 13.2. The molecule has 1 N–H and O–H groups in total. The van der Waals surface area contributed by atoms with Crippen molar-refractivity contribution in [1.29, 1.82) is 0 Å². The predicted molar refractivity (Wildman–Crippen MR) is 128 cm³/mol. The van der Waals surface area contributed by atoms with E-state index in [4.69, 9.17) is 9.47 Å². The van der Waals surface area contributed by atoms with Crippen LogP contribution in [0.3, 0.4) is 0 Å². The van der Waals surface area contributed by atoms with Crippen LogP contribution in [0.15, 0.2) is 24.3 Å². The number of nitrogens with one attached hydrogen (secondary N) is 1. The summed E-state index contributed by atoms with van der Waals surface area (Å²) in [6.45, 7) is 2.08. The lowest BCUT2D eigenvalue weighted by atomic mass is 9.82. The Morgan fingerprint density at radius 2 is 1.97 bits per heavy atom. The van der Waals surface area contributed by atoms with Crippen LogP contribution in [-0.2, 0) is 21.0 Å². The van der Waals surface area contributed by atoms with Gasteiger partial charge in [-0.3, -0.25) is 0 Å². The topological polar surface area (TPSA) is 77.1 Å². The van der Waals surface area contributed by atoms with Gasteiger partial charge in [-0.05, 0) is 62.6 Å². The Balaban J connectivity index is 1.55. The van der Waals surface area contributed by atoms with Gasteiger partial charge in [0.15, 0.2) is 6.10 Å². The van der Waals surface area contributed by atoms with Crippen LogP contribution in [0.5, 0.6) is 0 Å². The van der Waals surface area contributed by atoms with Crippen LogP contribution >= 0.6 is 0 Å². The Morgan fingerprint density at radius 1 is 1.26 bits per heavy atom. The number of amides is 1. The third-order valence-corrected chi connectivity index (χ3v) is 7.93. The van der Waals surface area contributed by atoms with Crippen LogP contribution in [0.1, 0.15) is 50.5 Å². The number of rotatable bonds is 9. The molecule has 7 nitrogen and oxygen atoms in total. The van der Waals surface area contributed by atoms with E-state index < -0.39 is 30.2 Å². The molecule has 1 amide bonds. The van der Waals surface area contributed by atoms with Gasteiger partial charge in [0, 0.05) is 33.1 Å². The highest BCUT2D eigenvalue weighted by atomic mass is 32.2. The number of carbonyl (C=O) groups excluding carboxylic acids is 1. The molecule has 0 aromatic heterocycles. The Bertz CT molecular complexity index is 814. The number of alkyl halides is 2. The Hall–Kier alpha value is -1.53. The largest absolute Gasteiger partial charge is 0.579 e. The van der Waals surface area contributed by atoms with Crippen molar-refractivity contribution in [1.82, 2.24) is 13.9 Å². The maximum absolute atomic E-state index is 13.6. The van der Waals surface area contributed by atoms with Gasteiger partial charge in [-0.1, -0.05) is 12.1 Å². The molecule has 3 rings (SSSR count). The molecule has 4 atom stereocenters. The smallest absolute Gasteiger partial charge is 0.410 e. The van der Waals surface area contributed by atoms with Gasteiger partial charge in [0.25, 0.3) is 6.43 Å². The Kier molecular flexibility index (Phi) is 10.5. The summed E-state index contributed by atoms with van der Waals surface area (Å²) in [7, 11) is 3.40. The lowest BCUT2D eigenvalue weighted by Crippen LogP contribution is -2.55. The van der Waals surface area contributed by atoms with Gasteiger partial charge in [0.2, 0.25) is 0 Å². The van der Waals surface area contributed by atoms with Gasteiger partial charge in [-0.2, -0.15) is 0 Å². The highest BCUT2D eigenvalue weighted by Gasteiger charge is 2.37. The molecule has 1 aromatic carbocycles. The highest BCUT2D eigenvalue weighted by molar-refractivity contribution is 7.87. The van der Waals surface area contributed by atoms with Gasteiger partial charge >= 0.3 is 6.09 Å². The average Bonchev–Trinajstić information content (AvgIpc) is 2.83. The number of nitrogens with zero attached hydrogens (tertiary/aromatic N) is 2. The molecule has 2 fully saturated rings. The van der Waals surface area contributed by atoms with E-state index in [9.17, 15) is 22.5 Å². The average molecular weight is 520 g/mol. The van der Waals surface area contributed by atoms with Crippen molar-refractivity contribution in [3.05, 3.63) is 35.6 Å². The summed E-state index contributed by atoms with van der Waals surface area (Å²) in [5.74, 6) is -0.0971. The van der Waals surface area contributed by atoms with E-state index in [1.165, 1.54) is 11.0 Å². The number of ether oxygens (including phenoxy) is 2. The number of hydrogen-bond acceptors (Lipinski definition) is 6. The van der Waals surface area contributed by atoms with Crippen molar-refractivity contribution < 1.29 is 32.0 Å². The van der Waals surface area contributed by atoms with Gasteiger partial charge < -0.3 is 18.9 Å². The van der Waals surface area contributed by atoms with Crippen molar-refractivity contribution in [2.24, 2.45) is 5.92 Å². The Labute approximate surface area is 208 Å². The molecular formula is C24H36F3N3O4S. The first-order valence-electron chi connectivity index (χ1n) is 12.1. The van der Waals surface area contributed by atoms with E-state index in [0.717, 1.165) is 38.2 Å². The summed E-state index contributed by atoms with van der Waals surface area (Å²) in [4.78, 5) is 13.8. The first-order chi connectivity index (χ1) is 16.6. The van der Waals surface area contributed by atoms with E-state index >= 15 is 0 Å². The summed E-state index contributed by atoms with van der Waals surface area (Å²) in [6.07, 6.45) is -0.987. The van der Waals surface area contributed by atoms with Crippen LogP contribution < -0.4 is 4.72 Å². The second kappa shape index (κ2) is 13.1. The minimum atomic E-state index is -2.75. The minimum absolute atomic E-state index is 0.0426. The molecule has 35 heavy (non-hydrogen) atoms. The molecule has 0 spiro atoms. The second-order valence-corrected chi connectivity index (χ2v) is 11.0. The van der Waals surface area contributed by atoms with Crippen molar-refractivity contribution >= 4 is 17.6 Å². The summed E-state index contributed by atoms with van der Waals surface area (Å²) < 4.78 is 67.3. The second-order valence-electron chi connectivity index (χ2n) is 9.57. The molecule has 0 radical (unpaired) electrons. The zero-order chi connectivity index (χ0) is 25.5. The van der Waals surface area contributed by atoms with E-state index in [1.54, 1.807) is 30.5 Å². The van der Waals surface area contributed by atoms with Crippen LogP contribution in [0, 0.1) is 11.7 Å². The van der Waals surface area contributed by atoms with Gasteiger partial charge in [0.05, 0.1) is 18.8 Å². The van der Waals surface area contributed by atoms with Gasteiger partial charge in [-0.15, -0.1) is 9.03 Å². The fraction of sp³-hybridized carbons (Fsp3) is 0.708. The van der Waals surface area contributed by atoms with Crippen LogP contribution in [0.2, 0.25) is 0 Å². The third kappa shape index (κ3) is 8.24. The lowest BCUT2D eigenvalue weighted by Gasteiger charge is -2.39. The standard InChI is InChI=1S/C24H36F3N3O4S/c1-16(23(26)27)34-24(31)30-12-11-22(28-35(32)29(2)3)19(14-30)15-33-21-9-7-17(8-10-21)18-5-4-6-20(25)13-18/h4-6,13,16-17,19,21-23,28H,7-12,14-15H2,1-3H3/t16?,17-,19?,21+,22?,35?. The summed E-state index contributed by atoms with van der Waals surface area (Å²) in [5, 5.41) is 0. The fourth-order valence-corrected chi connectivity index (χ4v) is 5.41. The molecule has 4 unspecified atom stereocenters. The van der Waals surface area contributed by atoms with E-state index in [1.807, 2.05) is 6.07 Å². The number of piperidine rings is 1. The normalized spacial score (nSPS) is 27.2. The van der Waals surface area contributed by atoms with Gasteiger partial charge in [-0.25, -0.2) is 18.0 Å². The molecule has 2 aliphatic rings. The molecule has 0 bridgehead atoms. The molecule has 1 aliphatic carbocycles. The van der Waals surface area contributed by atoms with Gasteiger partial charge in [0.1, 0.15) is 17.4 Å². The van der Waals surface area contributed by atoms with Crippen molar-refractivity contribution in [3.8, 4) is 0 Å². The molecule has 198 valence electrons. The van der Waals surface area contributed by atoms with Crippen LogP contribution in [-0.4, -0.2) is 78.3 Å². The molecule has 1 aromatic rings. The summed E-state index contributed by atoms with van der Waals surface area (Å²) >= 11 is -1.40. The lowest BCUT2D eigenvalue weighted by molar-refractivity contribution is -0.0368.